The van der Waals surface area contributed by atoms with Crippen molar-refractivity contribution in [3.05, 3.63) is 83.9 Å². The minimum absolute atomic E-state index is 0.251. The molecule has 0 aliphatic rings. The van der Waals surface area contributed by atoms with Crippen LogP contribution in [0.2, 0.25) is 0 Å². The molecule has 25 heavy (non-hydrogen) atoms. The fourth-order valence-corrected chi connectivity index (χ4v) is 2.37. The van der Waals surface area contributed by atoms with Gasteiger partial charge in [-0.25, -0.2) is 4.39 Å². The van der Waals surface area contributed by atoms with Crippen LogP contribution in [-0.2, 0) is 6.42 Å². The highest BCUT2D eigenvalue weighted by Gasteiger charge is 2.09. The molecule has 4 nitrogen and oxygen atoms in total. The van der Waals surface area contributed by atoms with Crippen LogP contribution in [0.25, 0.3) is 0 Å². The number of aryl methyl sites for hydroxylation is 1. The van der Waals surface area contributed by atoms with E-state index in [4.69, 9.17) is 0 Å². The predicted molar refractivity (Wildman–Crippen MR) is 97.7 cm³/mol. The number of benzene rings is 2. The normalized spacial score (nSPS) is 10.3. The van der Waals surface area contributed by atoms with E-state index >= 15 is 0 Å². The molecule has 1 aromatic heterocycles. The quantitative estimate of drug-likeness (QED) is 0.705. The third-order valence-electron chi connectivity index (χ3n) is 3.77. The zero-order chi connectivity index (χ0) is 17.6. The predicted octanol–water partition coefficient (Wildman–Crippen LogP) is 4.78. The molecule has 0 unspecified atom stereocenters. The minimum Gasteiger partial charge on any atom is -0.353 e. The van der Waals surface area contributed by atoms with Crippen molar-refractivity contribution in [1.29, 1.82) is 0 Å². The molecule has 0 aliphatic heterocycles. The van der Waals surface area contributed by atoms with E-state index in [0.29, 0.717) is 17.1 Å². The number of hydrogen-bond acceptors (Lipinski definition) is 3. The summed E-state index contributed by atoms with van der Waals surface area (Å²) in [5.41, 5.74) is 3.09. The molecule has 0 spiro atoms. The van der Waals surface area contributed by atoms with Crippen LogP contribution in [0.4, 0.5) is 21.5 Å². The topological polar surface area (TPSA) is 54.0 Å². The molecule has 2 N–H and O–H groups in total. The summed E-state index contributed by atoms with van der Waals surface area (Å²) >= 11 is 0. The summed E-state index contributed by atoms with van der Waals surface area (Å²) in [7, 11) is 0. The first kappa shape index (κ1) is 16.6. The van der Waals surface area contributed by atoms with Gasteiger partial charge in [-0.3, -0.25) is 9.78 Å². The monoisotopic (exact) mass is 335 g/mol. The van der Waals surface area contributed by atoms with Crippen molar-refractivity contribution in [1.82, 2.24) is 4.98 Å². The van der Waals surface area contributed by atoms with Crippen molar-refractivity contribution >= 4 is 23.0 Å². The summed E-state index contributed by atoms with van der Waals surface area (Å²) in [5.74, 6) is -0.678. The molecule has 0 bridgehead atoms. The van der Waals surface area contributed by atoms with E-state index in [1.165, 1.54) is 17.8 Å². The van der Waals surface area contributed by atoms with Crippen molar-refractivity contribution in [2.75, 3.05) is 10.6 Å². The van der Waals surface area contributed by atoms with Crippen LogP contribution in [-0.4, -0.2) is 10.9 Å². The number of halogens is 1. The third kappa shape index (κ3) is 4.20. The summed E-state index contributed by atoms with van der Waals surface area (Å²) < 4.78 is 13.7. The van der Waals surface area contributed by atoms with Gasteiger partial charge in [-0.05, 0) is 48.4 Å². The summed E-state index contributed by atoms with van der Waals surface area (Å²) in [5, 5.41) is 5.76. The fraction of sp³-hybridized carbons (Fsp3) is 0.100. The van der Waals surface area contributed by atoms with Gasteiger partial charge in [0.25, 0.3) is 5.91 Å². The molecule has 0 saturated carbocycles. The first-order valence-corrected chi connectivity index (χ1v) is 8.03. The molecule has 0 aliphatic carbocycles. The van der Waals surface area contributed by atoms with Gasteiger partial charge in [-0.15, -0.1) is 0 Å². The lowest BCUT2D eigenvalue weighted by molar-refractivity contribution is 0.102. The van der Waals surface area contributed by atoms with E-state index in [1.807, 2.05) is 24.3 Å². The Kier molecular flexibility index (Phi) is 5.04. The molecular formula is C20H18FN3O. The molecule has 126 valence electrons. The Morgan fingerprint density at radius 1 is 1.04 bits per heavy atom. The molecular weight excluding hydrogens is 317 g/mol. The zero-order valence-corrected chi connectivity index (χ0v) is 13.8. The molecule has 3 aromatic rings. The second-order valence-corrected chi connectivity index (χ2v) is 5.54. The Morgan fingerprint density at radius 3 is 2.52 bits per heavy atom. The minimum atomic E-state index is -0.360. The van der Waals surface area contributed by atoms with E-state index < -0.39 is 0 Å². The number of hydrogen-bond donors (Lipinski definition) is 2. The number of nitrogens with one attached hydrogen (secondary N) is 2. The molecule has 2 aromatic carbocycles. The van der Waals surface area contributed by atoms with Crippen molar-refractivity contribution < 1.29 is 9.18 Å². The van der Waals surface area contributed by atoms with Gasteiger partial charge in [0.15, 0.2) is 0 Å². The van der Waals surface area contributed by atoms with Crippen LogP contribution in [0.3, 0.4) is 0 Å². The molecule has 0 atom stereocenters. The summed E-state index contributed by atoms with van der Waals surface area (Å²) in [6.07, 6.45) is 2.46. The molecule has 1 heterocycles. The largest absolute Gasteiger partial charge is 0.353 e. The van der Waals surface area contributed by atoms with Crippen molar-refractivity contribution in [3.63, 3.8) is 0 Å². The number of nitrogens with zero attached hydrogens (tertiary/aromatic N) is 1. The summed E-state index contributed by atoms with van der Waals surface area (Å²) in [6.45, 7) is 2.07. The highest BCUT2D eigenvalue weighted by molar-refractivity contribution is 6.03. The Labute approximate surface area is 145 Å². The highest BCUT2D eigenvalue weighted by atomic mass is 19.1. The number of aromatic nitrogens is 1. The Bertz CT molecular complexity index is 878. The molecule has 5 heteroatoms. The molecule has 0 fully saturated rings. The standard InChI is InChI=1S/C20H18FN3O/c1-2-14-7-9-15(10-8-14)24-20(25)19-13-16(11-12-22-19)23-18-6-4-3-5-17(18)21/h3-13H,2H2,1H3,(H,22,23)(H,24,25). The van der Waals surface area contributed by atoms with Crippen LogP contribution in [0.1, 0.15) is 23.0 Å². The maximum atomic E-state index is 13.7. The molecule has 0 radical (unpaired) electrons. The van der Waals surface area contributed by atoms with Crippen molar-refractivity contribution in [2.24, 2.45) is 0 Å². The van der Waals surface area contributed by atoms with Crippen LogP contribution in [0.5, 0.6) is 0 Å². The lowest BCUT2D eigenvalue weighted by Crippen LogP contribution is -2.13. The smallest absolute Gasteiger partial charge is 0.274 e. The average Bonchev–Trinajstić information content (AvgIpc) is 2.64. The van der Waals surface area contributed by atoms with Crippen LogP contribution in [0.15, 0.2) is 66.9 Å². The first-order valence-electron chi connectivity index (χ1n) is 8.03. The van der Waals surface area contributed by atoms with Gasteiger partial charge >= 0.3 is 0 Å². The number of amides is 1. The summed E-state index contributed by atoms with van der Waals surface area (Å²) in [6, 6.07) is 17.3. The maximum Gasteiger partial charge on any atom is 0.274 e. The van der Waals surface area contributed by atoms with E-state index in [9.17, 15) is 9.18 Å². The highest BCUT2D eigenvalue weighted by Crippen LogP contribution is 2.20. The Hall–Kier alpha value is -3.21. The van der Waals surface area contributed by atoms with Crippen molar-refractivity contribution in [3.8, 4) is 0 Å². The van der Waals surface area contributed by atoms with Gasteiger partial charge in [-0.2, -0.15) is 0 Å². The number of carbonyl (C=O) groups excluding carboxylic acids is 1. The molecule has 1 amide bonds. The van der Waals surface area contributed by atoms with E-state index in [1.54, 1.807) is 30.3 Å². The van der Waals surface area contributed by atoms with Gasteiger partial charge in [0.05, 0.1) is 5.69 Å². The summed E-state index contributed by atoms with van der Waals surface area (Å²) in [4.78, 5) is 16.5. The number of rotatable bonds is 5. The SMILES string of the molecule is CCc1ccc(NC(=O)c2cc(Nc3ccccc3F)ccn2)cc1. The Balaban J connectivity index is 1.74. The number of anilines is 3. The number of carbonyl (C=O) groups is 1. The molecule has 3 rings (SSSR count). The lowest BCUT2D eigenvalue weighted by Gasteiger charge is -2.09. The Morgan fingerprint density at radius 2 is 1.80 bits per heavy atom. The van der Waals surface area contributed by atoms with Crippen LogP contribution >= 0.6 is 0 Å². The third-order valence-corrected chi connectivity index (χ3v) is 3.77. The number of para-hydroxylation sites is 1. The second-order valence-electron chi connectivity index (χ2n) is 5.54. The molecule has 0 saturated heterocycles. The lowest BCUT2D eigenvalue weighted by atomic mass is 10.1. The zero-order valence-electron chi connectivity index (χ0n) is 13.8. The van der Waals surface area contributed by atoms with Crippen LogP contribution < -0.4 is 10.6 Å². The average molecular weight is 335 g/mol. The van der Waals surface area contributed by atoms with E-state index in [2.05, 4.69) is 22.5 Å². The van der Waals surface area contributed by atoms with Gasteiger partial charge in [0.1, 0.15) is 11.5 Å². The van der Waals surface area contributed by atoms with Gasteiger partial charge in [0.2, 0.25) is 0 Å². The van der Waals surface area contributed by atoms with E-state index in [0.717, 1.165) is 6.42 Å². The van der Waals surface area contributed by atoms with Gasteiger partial charge in [-0.1, -0.05) is 31.2 Å². The second kappa shape index (κ2) is 7.57. The van der Waals surface area contributed by atoms with Gasteiger partial charge < -0.3 is 10.6 Å². The van der Waals surface area contributed by atoms with Crippen molar-refractivity contribution in [2.45, 2.75) is 13.3 Å². The number of pyridine rings is 1. The van der Waals surface area contributed by atoms with Crippen LogP contribution in [0, 0.1) is 5.82 Å². The first-order chi connectivity index (χ1) is 12.2. The fourth-order valence-electron chi connectivity index (χ4n) is 2.37. The van der Waals surface area contributed by atoms with E-state index in [-0.39, 0.29) is 17.4 Å². The van der Waals surface area contributed by atoms with Gasteiger partial charge in [0, 0.05) is 17.6 Å². The maximum absolute atomic E-state index is 13.7.